The Hall–Kier alpha value is -0.456. The molecular weight excluding hydrogens is 409 g/mol. The number of allylic oxidation sites excluding steroid dienone is 1. The molecule has 1 atom stereocenters. The third kappa shape index (κ3) is 5.27. The predicted octanol–water partition coefficient (Wildman–Crippen LogP) is 3.97. The van der Waals surface area contributed by atoms with E-state index >= 15 is 0 Å². The Bertz CT molecular complexity index is 610. The van der Waals surface area contributed by atoms with E-state index in [0.29, 0.717) is 18.1 Å². The van der Waals surface area contributed by atoms with Crippen LogP contribution in [0.15, 0.2) is 18.2 Å². The van der Waals surface area contributed by atoms with Crippen LogP contribution in [0.1, 0.15) is 24.5 Å². The van der Waals surface area contributed by atoms with Crippen LogP contribution >= 0.6 is 11.8 Å². The third-order valence-electron chi connectivity index (χ3n) is 3.65. The number of hydrogen-bond donors (Lipinski definition) is 0. The average molecular weight is 429 g/mol. The van der Waals surface area contributed by atoms with E-state index in [1.54, 1.807) is 30.8 Å². The largest absolute Gasteiger partial charge is 0.483 e. The number of alkyl halides is 2. The zero-order valence-electron chi connectivity index (χ0n) is 14.0. The van der Waals surface area contributed by atoms with Gasteiger partial charge in [-0.25, -0.2) is 14.9 Å². The Labute approximate surface area is 171 Å². The molecule has 2 rings (SSSR count). The van der Waals surface area contributed by atoms with Gasteiger partial charge in [0, 0.05) is 38.6 Å². The molecule has 0 N–H and O–H groups in total. The Morgan fingerprint density at radius 1 is 1.46 bits per heavy atom. The van der Waals surface area contributed by atoms with Crippen LogP contribution in [0.25, 0.3) is 5.70 Å². The molecule has 0 saturated carbocycles. The van der Waals surface area contributed by atoms with Crippen molar-refractivity contribution < 1.29 is 51.0 Å². The number of carbonyl (C=O) groups is 1. The van der Waals surface area contributed by atoms with E-state index in [4.69, 9.17) is 4.74 Å². The standard InChI is InChI=1S/C17H20F2NO2S.Y/c1-11-4-7-15(20(17(11)21)9-16(18)19)14-6-5-13(8-12(14)2)22-10-23-3;/h5-6,8,11,16H,4,9-10H2,1-3H3;/q-1;. The van der Waals surface area contributed by atoms with E-state index < -0.39 is 13.0 Å². The Morgan fingerprint density at radius 2 is 2.17 bits per heavy atom. The van der Waals surface area contributed by atoms with Crippen LogP contribution in [0.2, 0.25) is 0 Å². The first kappa shape index (κ1) is 21.6. The molecule has 3 nitrogen and oxygen atoms in total. The van der Waals surface area contributed by atoms with Crippen LogP contribution in [0.3, 0.4) is 0 Å². The number of rotatable bonds is 6. The summed E-state index contributed by atoms with van der Waals surface area (Å²) in [6.07, 6.45) is 2.92. The van der Waals surface area contributed by atoms with Crippen LogP contribution in [-0.4, -0.2) is 36.0 Å². The Morgan fingerprint density at radius 3 is 2.75 bits per heavy atom. The van der Waals surface area contributed by atoms with Gasteiger partial charge >= 0.3 is 0 Å². The molecule has 1 aromatic carbocycles. The minimum absolute atomic E-state index is 0. The fraction of sp³-hybridized carbons (Fsp3) is 0.471. The second-order valence-corrected chi connectivity index (χ2v) is 6.31. The number of halogens is 2. The van der Waals surface area contributed by atoms with Gasteiger partial charge in [0.1, 0.15) is 11.7 Å². The minimum atomic E-state index is -2.58. The van der Waals surface area contributed by atoms with Gasteiger partial charge < -0.3 is 9.64 Å². The normalized spacial score (nSPS) is 17.6. The van der Waals surface area contributed by atoms with Crippen LogP contribution in [0.5, 0.6) is 5.75 Å². The van der Waals surface area contributed by atoms with E-state index in [9.17, 15) is 13.6 Å². The molecule has 1 aliphatic heterocycles. The maximum Gasteiger partial charge on any atom is 0.256 e. The van der Waals surface area contributed by atoms with Crippen molar-refractivity contribution in [2.24, 2.45) is 5.92 Å². The average Bonchev–Trinajstić information content (AvgIpc) is 2.50. The number of nitrogens with zero attached hydrogens (tertiary/aromatic N) is 1. The van der Waals surface area contributed by atoms with Crippen LogP contribution < -0.4 is 4.74 Å². The van der Waals surface area contributed by atoms with Crippen molar-refractivity contribution in [3.05, 3.63) is 35.4 Å². The van der Waals surface area contributed by atoms with E-state index in [0.717, 1.165) is 21.8 Å². The molecule has 0 fully saturated rings. The summed E-state index contributed by atoms with van der Waals surface area (Å²) < 4.78 is 31.3. The van der Waals surface area contributed by atoms with Crippen molar-refractivity contribution in [3.63, 3.8) is 0 Å². The number of amides is 1. The molecule has 0 aromatic heterocycles. The maximum atomic E-state index is 12.9. The zero-order valence-corrected chi connectivity index (χ0v) is 17.7. The molecule has 0 bridgehead atoms. The second-order valence-electron chi connectivity index (χ2n) is 5.50. The van der Waals surface area contributed by atoms with E-state index in [-0.39, 0.29) is 44.5 Å². The number of carbonyl (C=O) groups excluding carboxylic acids is 1. The second kappa shape index (κ2) is 9.88. The van der Waals surface area contributed by atoms with Crippen molar-refractivity contribution in [3.8, 4) is 5.75 Å². The molecule has 7 heteroatoms. The summed E-state index contributed by atoms with van der Waals surface area (Å²) in [6, 6.07) is 5.44. The fourth-order valence-electron chi connectivity index (χ4n) is 2.49. The van der Waals surface area contributed by atoms with Gasteiger partial charge in [-0.05, 0) is 18.4 Å². The van der Waals surface area contributed by atoms with Crippen molar-refractivity contribution in [2.75, 3.05) is 18.7 Å². The van der Waals surface area contributed by atoms with Crippen molar-refractivity contribution >= 4 is 23.4 Å². The first-order valence-corrected chi connectivity index (χ1v) is 8.76. The predicted molar refractivity (Wildman–Crippen MR) is 88.3 cm³/mol. The quantitative estimate of drug-likeness (QED) is 0.507. The summed E-state index contributed by atoms with van der Waals surface area (Å²) in [5.74, 6) is 0.668. The van der Waals surface area contributed by atoms with Gasteiger partial charge in [-0.3, -0.25) is 4.79 Å². The summed E-state index contributed by atoms with van der Waals surface area (Å²) in [5.41, 5.74) is 2.05. The summed E-state index contributed by atoms with van der Waals surface area (Å²) >= 11 is 1.57. The molecular formula is C17H20F2NO2SY-. The molecule has 1 aromatic rings. The number of hydrogen-bond acceptors (Lipinski definition) is 3. The molecule has 0 spiro atoms. The molecule has 0 aliphatic carbocycles. The smallest absolute Gasteiger partial charge is 0.256 e. The molecule has 24 heavy (non-hydrogen) atoms. The summed E-state index contributed by atoms with van der Waals surface area (Å²) in [6.45, 7) is 3.01. The summed E-state index contributed by atoms with van der Waals surface area (Å²) in [4.78, 5) is 13.4. The topological polar surface area (TPSA) is 29.5 Å². The van der Waals surface area contributed by atoms with Crippen molar-refractivity contribution in [2.45, 2.75) is 26.7 Å². The van der Waals surface area contributed by atoms with Crippen LogP contribution in [-0.2, 0) is 37.5 Å². The Kier molecular flexibility index (Phi) is 8.89. The van der Waals surface area contributed by atoms with Gasteiger partial charge in [0.15, 0.2) is 0 Å². The third-order valence-corrected chi connectivity index (χ3v) is 4.00. The van der Waals surface area contributed by atoms with E-state index in [2.05, 4.69) is 6.08 Å². The number of thioether (sulfide) groups is 1. The minimum Gasteiger partial charge on any atom is -0.483 e. The van der Waals surface area contributed by atoms with Gasteiger partial charge in [-0.1, -0.05) is 20.3 Å². The molecule has 1 heterocycles. The van der Waals surface area contributed by atoms with E-state index in [1.165, 1.54) is 0 Å². The zero-order chi connectivity index (χ0) is 17.0. The van der Waals surface area contributed by atoms with Gasteiger partial charge in [-0.2, -0.15) is 0 Å². The maximum absolute atomic E-state index is 12.9. The fourth-order valence-corrected chi connectivity index (χ4v) is 2.74. The number of benzene rings is 1. The SMILES string of the molecule is CSCOc1ccc(C2=[C-]CC(C)C(=O)N2CC(F)F)c(C)c1.[Y]. The van der Waals surface area contributed by atoms with Gasteiger partial charge in [0.2, 0.25) is 5.91 Å². The summed E-state index contributed by atoms with van der Waals surface area (Å²) in [5, 5.41) is 0. The van der Waals surface area contributed by atoms with Crippen LogP contribution in [0, 0.1) is 18.9 Å². The van der Waals surface area contributed by atoms with Crippen molar-refractivity contribution in [1.82, 2.24) is 4.90 Å². The van der Waals surface area contributed by atoms with Gasteiger partial charge in [0.05, 0.1) is 6.54 Å². The van der Waals surface area contributed by atoms with Crippen LogP contribution in [0.4, 0.5) is 8.78 Å². The van der Waals surface area contributed by atoms with Gasteiger partial charge in [0.25, 0.3) is 6.43 Å². The molecule has 129 valence electrons. The molecule has 1 unspecified atom stereocenters. The molecule has 1 aliphatic rings. The monoisotopic (exact) mass is 429 g/mol. The van der Waals surface area contributed by atoms with E-state index in [1.807, 2.05) is 19.2 Å². The summed E-state index contributed by atoms with van der Waals surface area (Å²) in [7, 11) is 0. The Balaban J connectivity index is 0.00000288. The van der Waals surface area contributed by atoms with Gasteiger partial charge in [-0.15, -0.1) is 34.7 Å². The number of aryl methyl sites for hydroxylation is 1. The molecule has 1 amide bonds. The molecule has 0 saturated heterocycles. The number of ether oxygens (including phenoxy) is 1. The van der Waals surface area contributed by atoms with Crippen molar-refractivity contribution in [1.29, 1.82) is 0 Å². The first-order valence-electron chi connectivity index (χ1n) is 7.37. The first-order chi connectivity index (χ1) is 10.9. The molecule has 1 radical (unpaired) electrons.